The monoisotopic (exact) mass is 346 g/mol. The molecule has 0 aromatic heterocycles. The van der Waals surface area contributed by atoms with Crippen molar-refractivity contribution >= 4 is 23.3 Å². The van der Waals surface area contributed by atoms with Crippen LogP contribution in [0.25, 0.3) is 10.4 Å². The van der Waals surface area contributed by atoms with E-state index in [-0.39, 0.29) is 0 Å². The molecule has 0 aliphatic rings. The number of carboxylic acids is 1. The summed E-state index contributed by atoms with van der Waals surface area (Å²) in [6, 6.07) is 11.1. The molecule has 0 radical (unpaired) electrons. The molecule has 24 heavy (non-hydrogen) atoms. The third kappa shape index (κ3) is 4.89. The molecule has 0 fully saturated rings. The van der Waals surface area contributed by atoms with E-state index in [2.05, 4.69) is 15.3 Å². The second kappa shape index (κ2) is 8.21. The molecule has 2 N–H and O–H groups in total. The Balaban J connectivity index is 2.17. The van der Waals surface area contributed by atoms with Crippen molar-refractivity contribution in [2.75, 3.05) is 0 Å². The van der Waals surface area contributed by atoms with Gasteiger partial charge < -0.3 is 15.2 Å². The molecule has 2 aromatic rings. The molecular weight excluding hydrogens is 332 g/mol. The fourth-order valence-corrected chi connectivity index (χ4v) is 2.04. The zero-order valence-corrected chi connectivity index (χ0v) is 13.6. The van der Waals surface area contributed by atoms with Crippen molar-refractivity contribution in [2.24, 2.45) is 5.11 Å². The van der Waals surface area contributed by atoms with Gasteiger partial charge in [-0.3, -0.25) is 4.79 Å². The second-order valence-corrected chi connectivity index (χ2v) is 5.41. The lowest BCUT2D eigenvalue weighted by atomic mass is 10.2. The Morgan fingerprint density at radius 2 is 2.08 bits per heavy atom. The fourth-order valence-electron chi connectivity index (χ4n) is 1.88. The van der Waals surface area contributed by atoms with Gasteiger partial charge in [0.05, 0.1) is 0 Å². The number of carbonyl (C=O) groups is 1. The van der Waals surface area contributed by atoms with Crippen molar-refractivity contribution in [3.8, 4) is 11.5 Å². The van der Waals surface area contributed by atoms with Gasteiger partial charge in [0.2, 0.25) is 0 Å². The zero-order chi connectivity index (χ0) is 17.5. The van der Waals surface area contributed by atoms with Crippen LogP contribution < -0.4 is 10.1 Å². The summed E-state index contributed by atoms with van der Waals surface area (Å²) in [6.45, 7) is 1.88. The zero-order valence-electron chi connectivity index (χ0n) is 12.8. The van der Waals surface area contributed by atoms with Crippen molar-refractivity contribution in [1.29, 1.82) is 0 Å². The molecule has 0 unspecified atom stereocenters. The van der Waals surface area contributed by atoms with E-state index in [1.54, 1.807) is 49.4 Å². The molecular formula is C16H15ClN4O3. The summed E-state index contributed by atoms with van der Waals surface area (Å²) in [5.41, 5.74) is 9.65. The van der Waals surface area contributed by atoms with Gasteiger partial charge in [0.25, 0.3) is 0 Å². The number of azide groups is 1. The summed E-state index contributed by atoms with van der Waals surface area (Å²) in [6.07, 6.45) is 0. The van der Waals surface area contributed by atoms with Gasteiger partial charge in [-0.2, -0.15) is 0 Å². The average Bonchev–Trinajstić information content (AvgIpc) is 2.56. The van der Waals surface area contributed by atoms with Crippen LogP contribution in [0.5, 0.6) is 11.5 Å². The molecule has 0 aliphatic carbocycles. The Morgan fingerprint density at radius 1 is 1.38 bits per heavy atom. The molecule has 2 aromatic carbocycles. The second-order valence-electron chi connectivity index (χ2n) is 4.98. The highest BCUT2D eigenvalue weighted by Crippen LogP contribution is 2.29. The molecule has 124 valence electrons. The fraction of sp³-hybridized carbons (Fsp3) is 0.188. The highest BCUT2D eigenvalue weighted by Gasteiger charge is 2.12. The Kier molecular flexibility index (Phi) is 6.03. The van der Waals surface area contributed by atoms with Crippen LogP contribution in [0.15, 0.2) is 47.6 Å². The highest BCUT2D eigenvalue weighted by molar-refractivity contribution is 6.30. The number of ether oxygens (including phenoxy) is 1. The van der Waals surface area contributed by atoms with Gasteiger partial charge in [0.15, 0.2) is 0 Å². The Bertz CT molecular complexity index is 773. The summed E-state index contributed by atoms with van der Waals surface area (Å²) >= 11 is 6.01. The predicted molar refractivity (Wildman–Crippen MR) is 90.7 cm³/mol. The first-order chi connectivity index (χ1) is 11.5. The summed E-state index contributed by atoms with van der Waals surface area (Å²) in [7, 11) is 0. The number of hydrogen-bond acceptors (Lipinski definition) is 4. The quantitative estimate of drug-likeness (QED) is 0.432. The number of nitrogens with one attached hydrogen (secondary N) is 1. The Hall–Kier alpha value is -2.73. The maximum Gasteiger partial charge on any atom is 0.320 e. The molecule has 0 saturated carbocycles. The van der Waals surface area contributed by atoms with Crippen molar-refractivity contribution in [1.82, 2.24) is 5.32 Å². The number of aliphatic carboxylic acids is 1. The van der Waals surface area contributed by atoms with Crippen LogP contribution in [-0.4, -0.2) is 17.1 Å². The minimum atomic E-state index is -0.930. The van der Waals surface area contributed by atoms with Crippen molar-refractivity contribution in [2.45, 2.75) is 19.5 Å². The van der Waals surface area contributed by atoms with E-state index in [4.69, 9.17) is 27.0 Å². The van der Waals surface area contributed by atoms with E-state index in [1.807, 2.05) is 0 Å². The topological polar surface area (TPSA) is 107 Å². The number of hydrogen-bond donors (Lipinski definition) is 2. The van der Waals surface area contributed by atoms with Gasteiger partial charge in [-0.05, 0) is 48.9 Å². The van der Waals surface area contributed by atoms with Gasteiger partial charge in [-0.1, -0.05) is 22.8 Å². The van der Waals surface area contributed by atoms with E-state index in [0.29, 0.717) is 28.8 Å². The van der Waals surface area contributed by atoms with Gasteiger partial charge in [-0.15, -0.1) is 0 Å². The number of nitrogens with zero attached hydrogens (tertiary/aromatic N) is 3. The van der Waals surface area contributed by atoms with Crippen LogP contribution in [0.4, 0.5) is 5.69 Å². The highest BCUT2D eigenvalue weighted by atomic mass is 35.5. The van der Waals surface area contributed by atoms with Gasteiger partial charge in [-0.25, -0.2) is 0 Å². The average molecular weight is 347 g/mol. The molecule has 1 atom stereocenters. The molecule has 0 bridgehead atoms. The lowest BCUT2D eigenvalue weighted by Gasteiger charge is -2.14. The molecule has 8 heteroatoms. The number of rotatable bonds is 7. The van der Waals surface area contributed by atoms with E-state index in [1.165, 1.54) is 0 Å². The number of benzene rings is 2. The van der Waals surface area contributed by atoms with Crippen LogP contribution in [0.3, 0.4) is 0 Å². The lowest BCUT2D eigenvalue weighted by molar-refractivity contribution is -0.139. The van der Waals surface area contributed by atoms with Crippen LogP contribution in [0.1, 0.15) is 12.5 Å². The summed E-state index contributed by atoms with van der Waals surface area (Å²) in [4.78, 5) is 13.6. The van der Waals surface area contributed by atoms with Crippen LogP contribution in [0.2, 0.25) is 5.02 Å². The van der Waals surface area contributed by atoms with E-state index < -0.39 is 12.0 Å². The summed E-state index contributed by atoms with van der Waals surface area (Å²) < 4.78 is 5.81. The molecule has 2 rings (SSSR count). The van der Waals surface area contributed by atoms with Crippen molar-refractivity contribution in [3.63, 3.8) is 0 Å². The third-order valence-corrected chi connectivity index (χ3v) is 3.46. The Labute approximate surface area is 143 Å². The van der Waals surface area contributed by atoms with Crippen molar-refractivity contribution < 1.29 is 14.6 Å². The molecule has 0 heterocycles. The Morgan fingerprint density at radius 3 is 2.71 bits per heavy atom. The predicted octanol–water partition coefficient (Wildman–Crippen LogP) is 4.64. The van der Waals surface area contributed by atoms with Gasteiger partial charge in [0.1, 0.15) is 17.5 Å². The smallest absolute Gasteiger partial charge is 0.320 e. The van der Waals surface area contributed by atoms with Crippen LogP contribution in [0, 0.1) is 0 Å². The summed E-state index contributed by atoms with van der Waals surface area (Å²) in [5.74, 6) is 0.130. The maximum atomic E-state index is 10.9. The van der Waals surface area contributed by atoms with Crippen molar-refractivity contribution in [3.05, 3.63) is 63.5 Å². The molecule has 0 spiro atoms. The normalized spacial score (nSPS) is 11.4. The molecule has 0 saturated heterocycles. The summed E-state index contributed by atoms with van der Waals surface area (Å²) in [5, 5.41) is 15.8. The third-order valence-electron chi connectivity index (χ3n) is 3.22. The largest absolute Gasteiger partial charge is 0.480 e. The van der Waals surface area contributed by atoms with Crippen LogP contribution in [-0.2, 0) is 11.3 Å². The number of halogens is 1. The lowest BCUT2D eigenvalue weighted by Crippen LogP contribution is -2.33. The number of carboxylic acid groups (broad SMARTS) is 1. The van der Waals surface area contributed by atoms with E-state index in [0.717, 1.165) is 5.56 Å². The van der Waals surface area contributed by atoms with Gasteiger partial charge >= 0.3 is 5.97 Å². The minimum Gasteiger partial charge on any atom is -0.480 e. The molecule has 7 nitrogen and oxygen atoms in total. The first kappa shape index (κ1) is 17.6. The molecule has 0 aliphatic heterocycles. The first-order valence-corrected chi connectivity index (χ1v) is 7.45. The van der Waals surface area contributed by atoms with E-state index in [9.17, 15) is 4.79 Å². The van der Waals surface area contributed by atoms with E-state index >= 15 is 0 Å². The maximum absolute atomic E-state index is 10.9. The SMILES string of the molecule is C[C@H](NCc1ccc(Cl)cc1Oc1ccc(N=[N+]=[N-])cc1)C(=O)O. The molecule has 0 amide bonds. The van der Waals surface area contributed by atoms with Crippen LogP contribution >= 0.6 is 11.6 Å². The standard InChI is InChI=1S/C16H15ClN4O3/c1-10(16(22)23)19-9-11-2-3-12(17)8-15(11)24-14-6-4-13(5-7-14)20-21-18/h2-8,10,19H,9H2,1H3,(H,22,23)/t10-/m0/s1. The minimum absolute atomic E-state index is 0.316. The van der Waals surface area contributed by atoms with Gasteiger partial charge in [0, 0.05) is 27.7 Å². The first-order valence-electron chi connectivity index (χ1n) is 7.07.